The Balaban J connectivity index is 1.74. The Hall–Kier alpha value is -3.55. The lowest BCUT2D eigenvalue weighted by Crippen LogP contribution is -1.99. The van der Waals surface area contributed by atoms with Crippen molar-refractivity contribution in [1.82, 2.24) is 29.4 Å². The molecule has 0 spiro atoms. The summed E-state index contributed by atoms with van der Waals surface area (Å²) in [4.78, 5) is 4.46. The molecule has 0 aliphatic heterocycles. The summed E-state index contributed by atoms with van der Waals surface area (Å²) < 4.78 is 21.9. The van der Waals surface area contributed by atoms with E-state index >= 15 is 0 Å². The van der Waals surface area contributed by atoms with Crippen LogP contribution >= 0.6 is 0 Å². The zero-order valence-electron chi connectivity index (χ0n) is 12.2. The van der Waals surface area contributed by atoms with Gasteiger partial charge in [-0.25, -0.2) is 14.1 Å². The molecule has 7 nitrogen and oxygen atoms in total. The fourth-order valence-electron chi connectivity index (χ4n) is 2.67. The molecule has 8 heteroatoms. The summed E-state index contributed by atoms with van der Waals surface area (Å²) in [5.41, 5.74) is 1.96. The number of hydrogen-bond donors (Lipinski definition) is 0. The Labute approximate surface area is 134 Å². The van der Waals surface area contributed by atoms with E-state index in [1.54, 1.807) is 46.1 Å². The third-order valence-electron chi connectivity index (χ3n) is 3.79. The zero-order chi connectivity index (χ0) is 16.1. The summed E-state index contributed by atoms with van der Waals surface area (Å²) in [7, 11) is 0. The second-order valence-corrected chi connectivity index (χ2v) is 5.21. The Morgan fingerprint density at radius 1 is 1.00 bits per heavy atom. The van der Waals surface area contributed by atoms with Gasteiger partial charge in [0, 0.05) is 0 Å². The number of halogens is 1. The van der Waals surface area contributed by atoms with E-state index in [9.17, 15) is 4.39 Å². The average molecular weight is 320 g/mol. The number of benzene rings is 1. The maximum absolute atomic E-state index is 13.1. The van der Waals surface area contributed by atoms with Crippen molar-refractivity contribution in [1.29, 1.82) is 0 Å². The van der Waals surface area contributed by atoms with Gasteiger partial charge in [-0.2, -0.15) is 5.10 Å². The molecular weight excluding hydrogens is 311 g/mol. The van der Waals surface area contributed by atoms with Crippen LogP contribution in [-0.2, 0) is 0 Å². The second-order valence-electron chi connectivity index (χ2n) is 5.21. The highest BCUT2D eigenvalue weighted by Gasteiger charge is 2.16. The number of furan rings is 1. The van der Waals surface area contributed by atoms with Gasteiger partial charge in [-0.15, -0.1) is 10.2 Å². The molecule has 24 heavy (non-hydrogen) atoms. The lowest BCUT2D eigenvalue weighted by atomic mass is 10.3. The normalized spacial score (nSPS) is 11.5. The molecule has 0 aliphatic rings. The molecule has 0 amide bonds. The Bertz CT molecular complexity index is 1160. The maximum atomic E-state index is 13.1. The molecular formula is C16H9FN6O. The van der Waals surface area contributed by atoms with Crippen LogP contribution in [0.3, 0.4) is 0 Å². The third-order valence-corrected chi connectivity index (χ3v) is 3.79. The monoisotopic (exact) mass is 320 g/mol. The minimum atomic E-state index is -0.300. The number of aromatic nitrogens is 6. The maximum Gasteiger partial charge on any atom is 0.205 e. The molecule has 5 rings (SSSR count). The average Bonchev–Trinajstić information content (AvgIpc) is 3.33. The van der Waals surface area contributed by atoms with Crippen molar-refractivity contribution in [3.8, 4) is 17.3 Å². The Morgan fingerprint density at radius 2 is 1.88 bits per heavy atom. The highest BCUT2D eigenvalue weighted by atomic mass is 19.1. The number of fused-ring (bicyclic) bond motifs is 3. The quantitative estimate of drug-likeness (QED) is 0.500. The van der Waals surface area contributed by atoms with Crippen LogP contribution in [0.5, 0.6) is 0 Å². The summed E-state index contributed by atoms with van der Waals surface area (Å²) in [6.07, 6.45) is 4.87. The molecule has 0 bridgehead atoms. The summed E-state index contributed by atoms with van der Waals surface area (Å²) in [5, 5.41) is 13.5. The molecule has 0 unspecified atom stereocenters. The van der Waals surface area contributed by atoms with E-state index in [4.69, 9.17) is 4.42 Å². The molecule has 4 aromatic heterocycles. The first-order valence-electron chi connectivity index (χ1n) is 7.18. The van der Waals surface area contributed by atoms with Crippen LogP contribution in [0.4, 0.5) is 4.39 Å². The highest BCUT2D eigenvalue weighted by Crippen LogP contribution is 2.24. The number of nitrogens with zero attached hydrogens (tertiary/aromatic N) is 6. The van der Waals surface area contributed by atoms with Crippen molar-refractivity contribution >= 4 is 16.7 Å². The van der Waals surface area contributed by atoms with Crippen molar-refractivity contribution in [3.05, 3.63) is 61.0 Å². The van der Waals surface area contributed by atoms with Crippen LogP contribution < -0.4 is 0 Å². The zero-order valence-corrected chi connectivity index (χ0v) is 12.2. The lowest BCUT2D eigenvalue weighted by Gasteiger charge is -2.03. The van der Waals surface area contributed by atoms with E-state index in [-0.39, 0.29) is 5.82 Å². The van der Waals surface area contributed by atoms with Gasteiger partial charge >= 0.3 is 0 Å². The van der Waals surface area contributed by atoms with Gasteiger partial charge in [0.15, 0.2) is 17.1 Å². The largest absolute Gasteiger partial charge is 0.461 e. The predicted molar refractivity (Wildman–Crippen MR) is 83.1 cm³/mol. The fraction of sp³-hybridized carbons (Fsp3) is 0. The Morgan fingerprint density at radius 3 is 2.67 bits per heavy atom. The molecule has 5 aromatic rings. The van der Waals surface area contributed by atoms with Crippen molar-refractivity contribution in [2.24, 2.45) is 0 Å². The van der Waals surface area contributed by atoms with Gasteiger partial charge in [0.1, 0.15) is 12.1 Å². The second kappa shape index (κ2) is 4.72. The minimum absolute atomic E-state index is 0.300. The molecule has 0 aliphatic carbocycles. The van der Waals surface area contributed by atoms with Gasteiger partial charge in [0.05, 0.1) is 23.5 Å². The predicted octanol–water partition coefficient (Wildman–Crippen LogP) is 2.86. The summed E-state index contributed by atoms with van der Waals surface area (Å²) in [6, 6.07) is 9.65. The molecule has 0 fully saturated rings. The molecule has 0 saturated carbocycles. The van der Waals surface area contributed by atoms with Crippen LogP contribution in [0.2, 0.25) is 0 Å². The van der Waals surface area contributed by atoms with Crippen LogP contribution in [0.1, 0.15) is 0 Å². The molecule has 4 heterocycles. The molecule has 0 N–H and O–H groups in total. The highest BCUT2D eigenvalue weighted by molar-refractivity contribution is 5.90. The molecule has 0 radical (unpaired) electrons. The van der Waals surface area contributed by atoms with E-state index in [1.165, 1.54) is 12.1 Å². The molecule has 1 aromatic carbocycles. The molecule has 0 saturated heterocycles. The van der Waals surface area contributed by atoms with Crippen molar-refractivity contribution in [2.45, 2.75) is 0 Å². The van der Waals surface area contributed by atoms with E-state index in [0.717, 1.165) is 5.39 Å². The number of rotatable bonds is 2. The summed E-state index contributed by atoms with van der Waals surface area (Å²) >= 11 is 0. The van der Waals surface area contributed by atoms with Crippen molar-refractivity contribution in [2.75, 3.05) is 0 Å². The first-order valence-corrected chi connectivity index (χ1v) is 7.18. The van der Waals surface area contributed by atoms with E-state index in [2.05, 4.69) is 20.3 Å². The SMILES string of the molecule is Fc1ccc(-n2ncc3c2ncn2c(-c4ccco4)nnc32)cc1. The third kappa shape index (κ3) is 1.76. The van der Waals surface area contributed by atoms with Crippen LogP contribution in [0.15, 0.2) is 59.6 Å². The topological polar surface area (TPSA) is 74.0 Å². The standard InChI is InChI=1S/C16H9FN6O/c17-10-3-5-11(6-4-10)23-14-12(8-19-23)15-20-21-16(22(15)9-18-14)13-2-1-7-24-13/h1-9H. The lowest BCUT2D eigenvalue weighted by molar-refractivity contribution is 0.576. The Kier molecular flexibility index (Phi) is 2.55. The summed E-state index contributed by atoms with van der Waals surface area (Å²) in [5.74, 6) is 0.875. The van der Waals surface area contributed by atoms with Gasteiger partial charge in [-0.05, 0) is 36.4 Å². The van der Waals surface area contributed by atoms with E-state index < -0.39 is 0 Å². The van der Waals surface area contributed by atoms with Gasteiger partial charge < -0.3 is 4.42 Å². The van der Waals surface area contributed by atoms with Crippen LogP contribution in [-0.4, -0.2) is 29.4 Å². The molecule has 116 valence electrons. The van der Waals surface area contributed by atoms with Crippen LogP contribution in [0.25, 0.3) is 34.0 Å². The minimum Gasteiger partial charge on any atom is -0.461 e. The number of hydrogen-bond acceptors (Lipinski definition) is 5. The smallest absolute Gasteiger partial charge is 0.205 e. The van der Waals surface area contributed by atoms with Gasteiger partial charge in [-0.1, -0.05) is 0 Å². The van der Waals surface area contributed by atoms with Crippen LogP contribution in [0, 0.1) is 5.82 Å². The summed E-state index contributed by atoms with van der Waals surface area (Å²) in [6.45, 7) is 0. The van der Waals surface area contributed by atoms with Gasteiger partial charge in [-0.3, -0.25) is 4.40 Å². The van der Waals surface area contributed by atoms with Gasteiger partial charge in [0.2, 0.25) is 5.82 Å². The first-order chi connectivity index (χ1) is 11.8. The van der Waals surface area contributed by atoms with Crippen molar-refractivity contribution in [3.63, 3.8) is 0 Å². The molecule has 0 atom stereocenters. The fourth-order valence-corrected chi connectivity index (χ4v) is 2.67. The van der Waals surface area contributed by atoms with E-state index in [1.807, 2.05) is 6.07 Å². The first kappa shape index (κ1) is 12.9. The van der Waals surface area contributed by atoms with Gasteiger partial charge in [0.25, 0.3) is 0 Å². The van der Waals surface area contributed by atoms with E-state index in [0.29, 0.717) is 28.6 Å². The van der Waals surface area contributed by atoms with Crippen molar-refractivity contribution < 1.29 is 8.81 Å².